The SMILES string of the molecule is Cc1ccc(N=c2ssnc2Cl)cc1C(F)(F)F. The molecule has 0 saturated carbocycles. The van der Waals surface area contributed by atoms with Gasteiger partial charge in [-0.05, 0) is 35.0 Å². The van der Waals surface area contributed by atoms with Crippen molar-refractivity contribution in [3.63, 3.8) is 0 Å². The minimum absolute atomic E-state index is 0.166. The summed E-state index contributed by atoms with van der Waals surface area (Å²) in [6.45, 7) is 1.41. The van der Waals surface area contributed by atoms with Gasteiger partial charge in [-0.2, -0.15) is 17.5 Å². The number of halogens is 4. The molecule has 1 heterocycles. The predicted octanol–water partition coefficient (Wildman–Crippen LogP) is 4.42. The molecule has 8 heteroatoms. The van der Waals surface area contributed by atoms with E-state index in [1.54, 1.807) is 0 Å². The molecule has 0 unspecified atom stereocenters. The molecule has 0 bridgehead atoms. The second-order valence-corrected chi connectivity index (χ2v) is 5.64. The van der Waals surface area contributed by atoms with Gasteiger partial charge in [0.1, 0.15) is 0 Å². The molecule has 0 aliphatic heterocycles. The first-order valence-electron chi connectivity index (χ1n) is 4.72. The number of aromatic nitrogens is 1. The second-order valence-electron chi connectivity index (χ2n) is 3.45. The van der Waals surface area contributed by atoms with Gasteiger partial charge in [0.2, 0.25) is 0 Å². The molecular weight excluding hydrogens is 305 g/mol. The Morgan fingerprint density at radius 3 is 2.61 bits per heavy atom. The van der Waals surface area contributed by atoms with E-state index in [1.165, 1.54) is 29.4 Å². The van der Waals surface area contributed by atoms with E-state index in [0.717, 1.165) is 16.6 Å². The summed E-state index contributed by atoms with van der Waals surface area (Å²) in [4.78, 5) is 4.05. The van der Waals surface area contributed by atoms with Gasteiger partial charge in [-0.3, -0.25) is 0 Å². The van der Waals surface area contributed by atoms with Crippen LogP contribution in [-0.4, -0.2) is 4.37 Å². The van der Waals surface area contributed by atoms with Crippen LogP contribution in [0.25, 0.3) is 0 Å². The Balaban J connectivity index is 2.53. The monoisotopic (exact) mass is 310 g/mol. The molecule has 0 radical (unpaired) electrons. The summed E-state index contributed by atoms with van der Waals surface area (Å²) in [6, 6.07) is 3.92. The molecule has 1 aromatic carbocycles. The van der Waals surface area contributed by atoms with Gasteiger partial charge in [-0.25, -0.2) is 4.99 Å². The fraction of sp³-hybridized carbons (Fsp3) is 0.200. The molecule has 0 amide bonds. The predicted molar refractivity (Wildman–Crippen MR) is 66.4 cm³/mol. The zero-order chi connectivity index (χ0) is 13.3. The van der Waals surface area contributed by atoms with Crippen LogP contribution in [0.3, 0.4) is 0 Å². The topological polar surface area (TPSA) is 25.2 Å². The fourth-order valence-corrected chi connectivity index (χ4v) is 3.32. The van der Waals surface area contributed by atoms with Crippen LogP contribution in [0.2, 0.25) is 5.15 Å². The van der Waals surface area contributed by atoms with E-state index in [1.807, 2.05) is 0 Å². The average molecular weight is 311 g/mol. The van der Waals surface area contributed by atoms with Crippen molar-refractivity contribution >= 4 is 38.2 Å². The van der Waals surface area contributed by atoms with Crippen molar-refractivity contribution in [2.75, 3.05) is 0 Å². The molecule has 0 fully saturated rings. The highest BCUT2D eigenvalue weighted by Crippen LogP contribution is 2.34. The molecule has 0 aliphatic carbocycles. The maximum Gasteiger partial charge on any atom is 0.416 e. The quantitative estimate of drug-likeness (QED) is 0.716. The van der Waals surface area contributed by atoms with E-state index >= 15 is 0 Å². The summed E-state index contributed by atoms with van der Waals surface area (Å²) >= 11 is 5.74. The van der Waals surface area contributed by atoms with Gasteiger partial charge in [-0.15, -0.1) is 0 Å². The summed E-state index contributed by atoms with van der Waals surface area (Å²) < 4.78 is 42.4. The lowest BCUT2D eigenvalue weighted by Gasteiger charge is -2.10. The normalized spacial score (nSPS) is 13.1. The smallest absolute Gasteiger partial charge is 0.234 e. The van der Waals surface area contributed by atoms with Crippen molar-refractivity contribution in [2.24, 2.45) is 4.99 Å². The molecule has 0 spiro atoms. The van der Waals surface area contributed by atoms with E-state index in [9.17, 15) is 13.2 Å². The van der Waals surface area contributed by atoms with Crippen molar-refractivity contribution in [1.82, 2.24) is 4.37 Å². The van der Waals surface area contributed by atoms with Crippen LogP contribution in [-0.2, 0) is 6.18 Å². The molecule has 96 valence electrons. The zero-order valence-electron chi connectivity index (χ0n) is 8.95. The lowest BCUT2D eigenvalue weighted by atomic mass is 10.1. The molecule has 0 saturated heterocycles. The highest BCUT2D eigenvalue weighted by atomic mass is 35.5. The number of benzene rings is 1. The minimum atomic E-state index is -4.38. The van der Waals surface area contributed by atoms with E-state index in [0.29, 0.717) is 4.67 Å². The second kappa shape index (κ2) is 4.99. The molecule has 2 nitrogen and oxygen atoms in total. The Hall–Kier alpha value is -0.920. The van der Waals surface area contributed by atoms with Crippen molar-refractivity contribution in [2.45, 2.75) is 13.1 Å². The third-order valence-corrected chi connectivity index (χ3v) is 4.34. The van der Waals surface area contributed by atoms with Gasteiger partial charge < -0.3 is 0 Å². The third kappa shape index (κ3) is 2.90. The lowest BCUT2D eigenvalue weighted by Crippen LogP contribution is -2.07. The first-order valence-corrected chi connectivity index (χ1v) is 7.20. The van der Waals surface area contributed by atoms with Gasteiger partial charge in [-0.1, -0.05) is 17.7 Å². The Bertz CT molecular complexity index is 631. The number of hydrogen-bond donors (Lipinski definition) is 0. The Morgan fingerprint density at radius 2 is 2.06 bits per heavy atom. The van der Waals surface area contributed by atoms with Crippen LogP contribution < -0.4 is 4.67 Å². The molecule has 0 N–H and O–H groups in total. The molecule has 0 aliphatic rings. The van der Waals surface area contributed by atoms with Gasteiger partial charge in [0.05, 0.1) is 11.3 Å². The minimum Gasteiger partial charge on any atom is -0.234 e. The van der Waals surface area contributed by atoms with Crippen molar-refractivity contribution in [3.8, 4) is 0 Å². The van der Waals surface area contributed by atoms with Gasteiger partial charge in [0.15, 0.2) is 9.82 Å². The van der Waals surface area contributed by atoms with E-state index in [-0.39, 0.29) is 16.4 Å². The van der Waals surface area contributed by atoms with Crippen LogP contribution in [0.4, 0.5) is 18.9 Å². The summed E-state index contributed by atoms with van der Waals surface area (Å²) in [6.07, 6.45) is -4.38. The molecular formula is C10H6ClF3N2S2. The fourth-order valence-electron chi connectivity index (χ4n) is 1.33. The molecule has 2 rings (SSSR count). The van der Waals surface area contributed by atoms with Gasteiger partial charge >= 0.3 is 6.18 Å². The Kier molecular flexibility index (Phi) is 3.74. The van der Waals surface area contributed by atoms with Crippen LogP contribution >= 0.6 is 32.5 Å². The molecule has 2 aromatic rings. The van der Waals surface area contributed by atoms with Crippen LogP contribution in [0.1, 0.15) is 11.1 Å². The van der Waals surface area contributed by atoms with E-state index < -0.39 is 11.7 Å². The first kappa shape index (κ1) is 13.5. The highest BCUT2D eigenvalue weighted by Gasteiger charge is 2.32. The van der Waals surface area contributed by atoms with Crippen molar-refractivity contribution in [3.05, 3.63) is 39.2 Å². The standard InChI is InChI=1S/C10H6ClF3N2S2/c1-5-2-3-6(4-7(5)10(12,13)14)15-9-8(11)16-18-17-9/h2-4H,1H3. The first-order chi connectivity index (χ1) is 8.38. The maximum atomic E-state index is 12.7. The number of alkyl halides is 3. The summed E-state index contributed by atoms with van der Waals surface area (Å²) in [5.41, 5.74) is -0.306. The van der Waals surface area contributed by atoms with E-state index in [4.69, 9.17) is 11.6 Å². The summed E-state index contributed by atoms with van der Waals surface area (Å²) in [5, 5.41) is 0.208. The number of hydrogen-bond acceptors (Lipinski definition) is 4. The van der Waals surface area contributed by atoms with Crippen LogP contribution in [0.5, 0.6) is 0 Å². The average Bonchev–Trinajstić information content (AvgIpc) is 2.66. The van der Waals surface area contributed by atoms with Gasteiger partial charge in [0, 0.05) is 10.5 Å². The zero-order valence-corrected chi connectivity index (χ0v) is 11.3. The number of nitrogens with zero attached hydrogens (tertiary/aromatic N) is 2. The molecule has 1 aromatic heterocycles. The summed E-state index contributed by atoms with van der Waals surface area (Å²) in [7, 11) is 2.35. The largest absolute Gasteiger partial charge is 0.416 e. The third-order valence-electron chi connectivity index (χ3n) is 2.17. The van der Waals surface area contributed by atoms with E-state index in [2.05, 4.69) is 9.37 Å². The lowest BCUT2D eigenvalue weighted by molar-refractivity contribution is -0.138. The Labute approximate surface area is 113 Å². The molecule has 0 atom stereocenters. The number of aryl methyl sites for hydroxylation is 1. The van der Waals surface area contributed by atoms with Crippen LogP contribution in [0.15, 0.2) is 23.2 Å². The summed E-state index contributed by atoms with van der Waals surface area (Å²) in [5.74, 6) is 0. The van der Waals surface area contributed by atoms with Crippen molar-refractivity contribution < 1.29 is 13.2 Å². The maximum absolute atomic E-state index is 12.7. The molecule has 18 heavy (non-hydrogen) atoms. The Morgan fingerprint density at radius 1 is 1.33 bits per heavy atom. The highest BCUT2D eigenvalue weighted by molar-refractivity contribution is 7.66. The number of rotatable bonds is 1. The van der Waals surface area contributed by atoms with Crippen molar-refractivity contribution in [1.29, 1.82) is 0 Å². The van der Waals surface area contributed by atoms with Gasteiger partial charge in [0.25, 0.3) is 0 Å². The van der Waals surface area contributed by atoms with Crippen LogP contribution in [0, 0.1) is 6.92 Å².